The van der Waals surface area contributed by atoms with Gasteiger partial charge in [-0.2, -0.15) is 10.1 Å². The van der Waals surface area contributed by atoms with E-state index in [2.05, 4.69) is 42.8 Å². The number of rotatable bonds is 8. The average molecular weight is 498 g/mol. The van der Waals surface area contributed by atoms with E-state index in [0.717, 1.165) is 33.7 Å². The minimum absolute atomic E-state index is 0.127. The van der Waals surface area contributed by atoms with Gasteiger partial charge in [0.25, 0.3) is 5.91 Å². The molecule has 5 aromatic rings. The largest absolute Gasteiger partial charge is 0.484 e. The Morgan fingerprint density at radius 2 is 1.75 bits per heavy atom. The highest BCUT2D eigenvalue weighted by molar-refractivity contribution is 7.08. The van der Waals surface area contributed by atoms with Gasteiger partial charge in [-0.3, -0.25) is 4.79 Å². The quantitative estimate of drug-likeness (QED) is 0.348. The Bertz CT molecular complexity index is 1510. The maximum absolute atomic E-state index is 12.5. The molecule has 36 heavy (non-hydrogen) atoms. The van der Waals surface area contributed by atoms with Crippen molar-refractivity contribution < 1.29 is 9.53 Å². The fraction of sp³-hybridized carbons (Fsp3) is 0.154. The molecule has 9 nitrogen and oxygen atoms in total. The number of para-hydroxylation sites is 1. The molecule has 0 saturated heterocycles. The molecule has 0 unspecified atom stereocenters. The first-order chi connectivity index (χ1) is 17.7. The Hall–Kier alpha value is -4.44. The molecule has 0 atom stereocenters. The van der Waals surface area contributed by atoms with Crippen molar-refractivity contribution >= 4 is 17.2 Å². The molecule has 10 heteroatoms. The van der Waals surface area contributed by atoms with Gasteiger partial charge >= 0.3 is 0 Å². The van der Waals surface area contributed by atoms with Crippen LogP contribution in [-0.4, -0.2) is 42.9 Å². The number of H-pyrrole nitrogens is 1. The number of carbonyl (C=O) groups excluding carboxylic acids is 1. The first-order valence-electron chi connectivity index (χ1n) is 11.4. The fourth-order valence-electron chi connectivity index (χ4n) is 3.66. The number of aromatic amines is 1. The second-order valence-corrected chi connectivity index (χ2v) is 8.93. The van der Waals surface area contributed by atoms with Gasteiger partial charge < -0.3 is 4.74 Å². The van der Waals surface area contributed by atoms with E-state index in [0.29, 0.717) is 22.9 Å². The molecule has 0 bridgehead atoms. The highest BCUT2D eigenvalue weighted by Crippen LogP contribution is 2.29. The summed E-state index contributed by atoms with van der Waals surface area (Å²) >= 11 is 1.42. The zero-order chi connectivity index (χ0) is 24.7. The normalized spacial score (nSPS) is 11.5. The molecule has 0 radical (unpaired) electrons. The number of aromatic nitrogens is 6. The maximum atomic E-state index is 12.5. The monoisotopic (exact) mass is 497 g/mol. The van der Waals surface area contributed by atoms with Crippen molar-refractivity contribution in [3.8, 4) is 28.3 Å². The number of tetrazole rings is 1. The Kier molecular flexibility index (Phi) is 7.04. The fourth-order valence-corrected chi connectivity index (χ4v) is 4.51. The third-order valence-corrected chi connectivity index (χ3v) is 6.51. The van der Waals surface area contributed by atoms with Crippen molar-refractivity contribution in [3.05, 3.63) is 94.2 Å². The highest BCUT2D eigenvalue weighted by Gasteiger charge is 2.11. The second-order valence-electron chi connectivity index (χ2n) is 7.89. The van der Waals surface area contributed by atoms with Crippen molar-refractivity contribution in [1.82, 2.24) is 30.4 Å². The first kappa shape index (κ1) is 23.3. The lowest BCUT2D eigenvalue weighted by Crippen LogP contribution is -2.21. The van der Waals surface area contributed by atoms with Crippen LogP contribution in [0.25, 0.3) is 22.5 Å². The van der Waals surface area contributed by atoms with Gasteiger partial charge in [0.2, 0.25) is 4.80 Å². The Labute approximate surface area is 211 Å². The Morgan fingerprint density at radius 3 is 2.47 bits per heavy atom. The lowest BCUT2D eigenvalue weighted by atomic mass is 9.98. The minimum Gasteiger partial charge on any atom is -0.484 e. The van der Waals surface area contributed by atoms with Crippen LogP contribution in [0.1, 0.15) is 17.5 Å². The summed E-state index contributed by atoms with van der Waals surface area (Å²) in [5, 5.41) is 19.8. The molecule has 0 saturated carbocycles. The number of aryl methyl sites for hydroxylation is 1. The van der Waals surface area contributed by atoms with Crippen LogP contribution in [0.2, 0.25) is 0 Å². The van der Waals surface area contributed by atoms with Crippen LogP contribution in [0.15, 0.2) is 83.9 Å². The van der Waals surface area contributed by atoms with Crippen molar-refractivity contribution in [1.29, 1.82) is 0 Å². The van der Waals surface area contributed by atoms with E-state index in [1.807, 2.05) is 61.5 Å². The lowest BCUT2D eigenvalue weighted by Gasteiger charge is -2.08. The first-order valence-corrected chi connectivity index (χ1v) is 12.3. The average Bonchev–Trinajstić information content (AvgIpc) is 3.59. The molecular weight excluding hydrogens is 474 g/mol. The van der Waals surface area contributed by atoms with E-state index in [1.165, 1.54) is 11.3 Å². The molecule has 1 amide bonds. The smallest absolute Gasteiger partial charge is 0.286 e. The summed E-state index contributed by atoms with van der Waals surface area (Å²) in [5.41, 5.74) is 4.03. The van der Waals surface area contributed by atoms with Crippen LogP contribution in [0.4, 0.5) is 0 Å². The summed E-state index contributed by atoms with van der Waals surface area (Å²) in [6.45, 7) is 2.40. The number of carbonyl (C=O) groups is 1. The summed E-state index contributed by atoms with van der Waals surface area (Å²) in [4.78, 5) is 17.3. The number of hydrogen-bond acceptors (Lipinski definition) is 7. The Morgan fingerprint density at radius 1 is 1.00 bits per heavy atom. The van der Waals surface area contributed by atoms with Crippen molar-refractivity contribution in [3.63, 3.8) is 0 Å². The van der Waals surface area contributed by atoms with Gasteiger partial charge in [0.05, 0.1) is 6.54 Å². The zero-order valence-corrected chi connectivity index (χ0v) is 20.4. The van der Waals surface area contributed by atoms with Crippen LogP contribution in [-0.2, 0) is 17.8 Å². The summed E-state index contributed by atoms with van der Waals surface area (Å²) in [6, 6.07) is 25.4. The molecule has 2 heterocycles. The van der Waals surface area contributed by atoms with Gasteiger partial charge in [0.1, 0.15) is 10.8 Å². The molecule has 3 aromatic carbocycles. The topological polar surface area (TPSA) is 111 Å². The minimum atomic E-state index is -0.354. The molecule has 0 fully saturated rings. The van der Waals surface area contributed by atoms with Gasteiger partial charge in [-0.25, -0.2) is 9.78 Å². The van der Waals surface area contributed by atoms with Gasteiger partial charge in [0, 0.05) is 5.56 Å². The van der Waals surface area contributed by atoms with Crippen LogP contribution >= 0.6 is 11.3 Å². The number of ether oxygens (including phenoxy) is 1. The predicted molar refractivity (Wildman–Crippen MR) is 136 cm³/mol. The van der Waals surface area contributed by atoms with Gasteiger partial charge in [-0.1, -0.05) is 85.0 Å². The molecule has 2 aromatic heterocycles. The lowest BCUT2D eigenvalue weighted by molar-refractivity contribution is -0.120. The standard InChI is InChI=1S/C26H23N7O2S/c1-2-24-30-33(26(36-24)27-23(34)17-35-20-8-4-3-5-9-20)16-18-12-14-19(15-13-18)21-10-6-7-11-22(21)25-28-31-32-29-25/h3-15H,2,16-17H2,1H3,(H,28,29,31,32). The molecule has 1 N–H and O–H groups in total. The van der Waals surface area contributed by atoms with Crippen LogP contribution < -0.4 is 9.54 Å². The number of benzene rings is 3. The summed E-state index contributed by atoms with van der Waals surface area (Å²) < 4.78 is 7.31. The summed E-state index contributed by atoms with van der Waals surface area (Å²) in [7, 11) is 0. The van der Waals surface area contributed by atoms with Crippen LogP contribution in [0.5, 0.6) is 5.75 Å². The zero-order valence-electron chi connectivity index (χ0n) is 19.5. The van der Waals surface area contributed by atoms with E-state index in [1.54, 1.807) is 16.8 Å². The maximum Gasteiger partial charge on any atom is 0.286 e. The molecule has 0 aliphatic carbocycles. The van der Waals surface area contributed by atoms with E-state index in [9.17, 15) is 4.79 Å². The SMILES string of the molecule is CCc1nn(Cc2ccc(-c3ccccc3-c3nnn[nH]3)cc2)c(=NC(=O)COc2ccccc2)s1. The van der Waals surface area contributed by atoms with E-state index in [-0.39, 0.29) is 12.5 Å². The predicted octanol–water partition coefficient (Wildman–Crippen LogP) is 3.91. The third-order valence-electron chi connectivity index (χ3n) is 5.42. The highest BCUT2D eigenvalue weighted by atomic mass is 32.1. The van der Waals surface area contributed by atoms with Crippen molar-refractivity contribution in [2.24, 2.45) is 4.99 Å². The summed E-state index contributed by atoms with van der Waals surface area (Å²) in [5.74, 6) is 0.897. The van der Waals surface area contributed by atoms with E-state index >= 15 is 0 Å². The molecule has 0 spiro atoms. The van der Waals surface area contributed by atoms with Gasteiger partial charge in [0.15, 0.2) is 12.4 Å². The number of hydrogen-bond donors (Lipinski definition) is 1. The van der Waals surface area contributed by atoms with E-state index < -0.39 is 0 Å². The second kappa shape index (κ2) is 10.9. The van der Waals surface area contributed by atoms with Gasteiger partial charge in [-0.05, 0) is 45.7 Å². The van der Waals surface area contributed by atoms with E-state index in [4.69, 9.17) is 4.74 Å². The molecular formula is C26H23N7O2S. The van der Waals surface area contributed by atoms with Crippen molar-refractivity contribution in [2.45, 2.75) is 19.9 Å². The van der Waals surface area contributed by atoms with Gasteiger partial charge in [-0.15, -0.1) is 5.10 Å². The van der Waals surface area contributed by atoms with Crippen LogP contribution in [0, 0.1) is 0 Å². The van der Waals surface area contributed by atoms with Crippen LogP contribution in [0.3, 0.4) is 0 Å². The van der Waals surface area contributed by atoms with Crippen molar-refractivity contribution in [2.75, 3.05) is 6.61 Å². The molecule has 5 rings (SSSR count). The molecule has 0 aliphatic rings. The number of nitrogens with zero attached hydrogens (tertiary/aromatic N) is 6. The molecule has 180 valence electrons. The summed E-state index contributed by atoms with van der Waals surface area (Å²) in [6.07, 6.45) is 0.765. The third kappa shape index (κ3) is 5.44. The Balaban J connectivity index is 1.35. The molecule has 0 aliphatic heterocycles. The number of amides is 1. The number of nitrogens with one attached hydrogen (secondary N) is 1.